The SMILES string of the molecule is CNc1ccc(-c2nccc(-c3cccnc3)n2)cc1. The smallest absolute Gasteiger partial charge is 0.159 e. The van der Waals surface area contributed by atoms with Gasteiger partial charge in [0.1, 0.15) is 0 Å². The molecule has 20 heavy (non-hydrogen) atoms. The number of nitrogens with one attached hydrogen (secondary N) is 1. The van der Waals surface area contributed by atoms with Gasteiger partial charge in [0, 0.05) is 42.5 Å². The van der Waals surface area contributed by atoms with Crippen molar-refractivity contribution in [3.8, 4) is 22.6 Å². The number of nitrogens with zero attached hydrogens (tertiary/aromatic N) is 3. The molecule has 3 rings (SSSR count). The van der Waals surface area contributed by atoms with Crippen LogP contribution >= 0.6 is 0 Å². The van der Waals surface area contributed by atoms with Crippen molar-refractivity contribution in [3.05, 3.63) is 61.1 Å². The van der Waals surface area contributed by atoms with Crippen LogP contribution in [-0.4, -0.2) is 22.0 Å². The molecule has 0 bridgehead atoms. The average Bonchev–Trinajstić information content (AvgIpc) is 2.56. The van der Waals surface area contributed by atoms with E-state index in [1.165, 1.54) is 0 Å². The van der Waals surface area contributed by atoms with E-state index < -0.39 is 0 Å². The van der Waals surface area contributed by atoms with Gasteiger partial charge in [-0.25, -0.2) is 9.97 Å². The fourth-order valence-electron chi connectivity index (χ4n) is 1.96. The van der Waals surface area contributed by atoms with Crippen LogP contribution in [0.5, 0.6) is 0 Å². The van der Waals surface area contributed by atoms with E-state index in [2.05, 4.69) is 20.3 Å². The Morgan fingerprint density at radius 2 is 1.75 bits per heavy atom. The zero-order valence-electron chi connectivity index (χ0n) is 11.1. The summed E-state index contributed by atoms with van der Waals surface area (Å²) in [6, 6.07) is 13.8. The Labute approximate surface area is 117 Å². The molecule has 0 saturated carbocycles. The van der Waals surface area contributed by atoms with E-state index in [0.29, 0.717) is 5.82 Å². The van der Waals surface area contributed by atoms with Crippen molar-refractivity contribution in [2.75, 3.05) is 12.4 Å². The molecule has 98 valence electrons. The Hall–Kier alpha value is -2.75. The topological polar surface area (TPSA) is 50.7 Å². The summed E-state index contributed by atoms with van der Waals surface area (Å²) in [5.74, 6) is 0.717. The summed E-state index contributed by atoms with van der Waals surface area (Å²) in [5.41, 5.74) is 3.93. The van der Waals surface area contributed by atoms with Crippen molar-refractivity contribution in [1.82, 2.24) is 15.0 Å². The molecule has 2 heterocycles. The Bertz CT molecular complexity index is 693. The maximum Gasteiger partial charge on any atom is 0.159 e. The van der Waals surface area contributed by atoms with E-state index >= 15 is 0 Å². The molecule has 4 heteroatoms. The first kappa shape index (κ1) is 12.3. The minimum absolute atomic E-state index is 0.717. The third kappa shape index (κ3) is 2.49. The van der Waals surface area contributed by atoms with E-state index in [1.54, 1.807) is 18.6 Å². The van der Waals surface area contributed by atoms with Gasteiger partial charge >= 0.3 is 0 Å². The molecule has 0 unspecified atom stereocenters. The van der Waals surface area contributed by atoms with Crippen LogP contribution in [0.4, 0.5) is 5.69 Å². The van der Waals surface area contributed by atoms with Gasteiger partial charge in [-0.3, -0.25) is 4.98 Å². The van der Waals surface area contributed by atoms with Gasteiger partial charge in [0.2, 0.25) is 0 Å². The zero-order valence-corrected chi connectivity index (χ0v) is 11.1. The normalized spacial score (nSPS) is 10.2. The summed E-state index contributed by atoms with van der Waals surface area (Å²) in [4.78, 5) is 13.1. The van der Waals surface area contributed by atoms with Crippen LogP contribution in [0.2, 0.25) is 0 Å². The standard InChI is InChI=1S/C16H14N4/c1-17-14-6-4-12(5-7-14)16-19-10-8-15(20-16)13-3-2-9-18-11-13/h2-11,17H,1H3. The van der Waals surface area contributed by atoms with Gasteiger partial charge < -0.3 is 5.32 Å². The third-order valence-electron chi connectivity index (χ3n) is 3.04. The molecule has 1 aromatic carbocycles. The molecular formula is C16H14N4. The van der Waals surface area contributed by atoms with Gasteiger partial charge in [-0.05, 0) is 42.5 Å². The summed E-state index contributed by atoms with van der Waals surface area (Å²) in [6.07, 6.45) is 5.33. The third-order valence-corrected chi connectivity index (χ3v) is 3.04. The van der Waals surface area contributed by atoms with Gasteiger partial charge in [-0.15, -0.1) is 0 Å². The van der Waals surface area contributed by atoms with Crippen LogP contribution in [0.3, 0.4) is 0 Å². The highest BCUT2D eigenvalue weighted by Gasteiger charge is 2.04. The minimum Gasteiger partial charge on any atom is -0.388 e. The monoisotopic (exact) mass is 262 g/mol. The Kier molecular flexibility index (Phi) is 3.37. The van der Waals surface area contributed by atoms with Crippen molar-refractivity contribution < 1.29 is 0 Å². The van der Waals surface area contributed by atoms with Crippen molar-refractivity contribution in [2.45, 2.75) is 0 Å². The molecule has 3 aromatic rings. The fraction of sp³-hybridized carbons (Fsp3) is 0.0625. The number of rotatable bonds is 3. The van der Waals surface area contributed by atoms with Crippen LogP contribution in [0.25, 0.3) is 22.6 Å². The zero-order chi connectivity index (χ0) is 13.8. The van der Waals surface area contributed by atoms with Crippen LogP contribution in [0, 0.1) is 0 Å². The lowest BCUT2D eigenvalue weighted by Crippen LogP contribution is -1.92. The number of anilines is 1. The highest BCUT2D eigenvalue weighted by Crippen LogP contribution is 2.21. The number of benzene rings is 1. The molecule has 0 saturated heterocycles. The Morgan fingerprint density at radius 3 is 2.45 bits per heavy atom. The number of pyridine rings is 1. The average molecular weight is 262 g/mol. The molecule has 4 nitrogen and oxygen atoms in total. The molecule has 2 aromatic heterocycles. The highest BCUT2D eigenvalue weighted by molar-refractivity contribution is 5.64. The van der Waals surface area contributed by atoms with E-state index in [-0.39, 0.29) is 0 Å². The van der Waals surface area contributed by atoms with Crippen LogP contribution in [-0.2, 0) is 0 Å². The summed E-state index contributed by atoms with van der Waals surface area (Å²) in [7, 11) is 1.90. The summed E-state index contributed by atoms with van der Waals surface area (Å²) >= 11 is 0. The molecule has 0 radical (unpaired) electrons. The second kappa shape index (κ2) is 5.48. The Balaban J connectivity index is 1.98. The maximum absolute atomic E-state index is 4.60. The molecule has 0 aliphatic rings. The van der Waals surface area contributed by atoms with Gasteiger partial charge in [0.05, 0.1) is 5.69 Å². The Morgan fingerprint density at radius 1 is 0.900 bits per heavy atom. The van der Waals surface area contributed by atoms with Gasteiger partial charge in [0.25, 0.3) is 0 Å². The van der Waals surface area contributed by atoms with Crippen molar-refractivity contribution >= 4 is 5.69 Å². The predicted octanol–water partition coefficient (Wildman–Crippen LogP) is 3.25. The van der Waals surface area contributed by atoms with Crippen LogP contribution < -0.4 is 5.32 Å². The fourth-order valence-corrected chi connectivity index (χ4v) is 1.96. The molecule has 0 aliphatic carbocycles. The summed E-state index contributed by atoms with van der Waals surface area (Å²) < 4.78 is 0. The number of hydrogen-bond donors (Lipinski definition) is 1. The van der Waals surface area contributed by atoms with Gasteiger partial charge in [0.15, 0.2) is 5.82 Å². The molecule has 1 N–H and O–H groups in total. The number of aromatic nitrogens is 3. The first-order chi connectivity index (χ1) is 9.86. The van der Waals surface area contributed by atoms with E-state index in [9.17, 15) is 0 Å². The van der Waals surface area contributed by atoms with E-state index in [4.69, 9.17) is 0 Å². The molecule has 0 atom stereocenters. The lowest BCUT2D eigenvalue weighted by molar-refractivity contribution is 1.17. The molecule has 0 amide bonds. The van der Waals surface area contributed by atoms with Gasteiger partial charge in [-0.1, -0.05) is 0 Å². The van der Waals surface area contributed by atoms with Crippen molar-refractivity contribution in [1.29, 1.82) is 0 Å². The van der Waals surface area contributed by atoms with E-state index in [1.807, 2.05) is 49.5 Å². The van der Waals surface area contributed by atoms with Crippen molar-refractivity contribution in [3.63, 3.8) is 0 Å². The van der Waals surface area contributed by atoms with Crippen molar-refractivity contribution in [2.24, 2.45) is 0 Å². The highest BCUT2D eigenvalue weighted by atomic mass is 14.9. The van der Waals surface area contributed by atoms with Crippen LogP contribution in [0.15, 0.2) is 61.1 Å². The first-order valence-corrected chi connectivity index (χ1v) is 6.38. The summed E-state index contributed by atoms with van der Waals surface area (Å²) in [6.45, 7) is 0. The largest absolute Gasteiger partial charge is 0.388 e. The number of hydrogen-bond acceptors (Lipinski definition) is 4. The predicted molar refractivity (Wildman–Crippen MR) is 80.2 cm³/mol. The van der Waals surface area contributed by atoms with Crippen LogP contribution in [0.1, 0.15) is 0 Å². The molecule has 0 aliphatic heterocycles. The second-order valence-electron chi connectivity index (χ2n) is 4.33. The van der Waals surface area contributed by atoms with Gasteiger partial charge in [-0.2, -0.15) is 0 Å². The molecular weight excluding hydrogens is 248 g/mol. The lowest BCUT2D eigenvalue weighted by Gasteiger charge is -2.05. The molecule has 0 spiro atoms. The first-order valence-electron chi connectivity index (χ1n) is 6.38. The summed E-state index contributed by atoms with van der Waals surface area (Å²) in [5, 5.41) is 3.09. The quantitative estimate of drug-likeness (QED) is 0.787. The molecule has 0 fully saturated rings. The minimum atomic E-state index is 0.717. The second-order valence-corrected chi connectivity index (χ2v) is 4.33. The van der Waals surface area contributed by atoms with E-state index in [0.717, 1.165) is 22.5 Å². The lowest BCUT2D eigenvalue weighted by atomic mass is 10.1. The maximum atomic E-state index is 4.60.